The summed E-state index contributed by atoms with van der Waals surface area (Å²) in [6.45, 7) is 0. The van der Waals surface area contributed by atoms with Gasteiger partial charge >= 0.3 is 0 Å². The highest BCUT2D eigenvalue weighted by Crippen LogP contribution is 2.25. The van der Waals surface area contributed by atoms with Crippen molar-refractivity contribution in [2.45, 2.75) is 0 Å². The van der Waals surface area contributed by atoms with Crippen molar-refractivity contribution in [2.75, 3.05) is 5.32 Å². The fourth-order valence-electron chi connectivity index (χ4n) is 1.83. The number of allylic oxidation sites excluding steroid dienone is 1. The molecule has 1 heterocycles. The first-order valence-electron chi connectivity index (χ1n) is 6.31. The van der Waals surface area contributed by atoms with E-state index in [1.165, 1.54) is 6.08 Å². The van der Waals surface area contributed by atoms with Gasteiger partial charge in [0.25, 0.3) is 0 Å². The van der Waals surface area contributed by atoms with Gasteiger partial charge in [-0.1, -0.05) is 35.1 Å². The maximum absolute atomic E-state index is 11.9. The normalized spacial score (nSPS) is 11.1. The number of hydrogen-bond donors (Lipinski definition) is 1. The lowest BCUT2D eigenvalue weighted by molar-refractivity contribution is 0.104. The monoisotopic (exact) mass is 314 g/mol. The average Bonchev–Trinajstić information content (AvgIpc) is 2.90. The minimum Gasteiger partial charge on any atom is -0.338 e. The van der Waals surface area contributed by atoms with Crippen LogP contribution >= 0.6 is 22.9 Å². The molecule has 2 aromatic carbocycles. The highest BCUT2D eigenvalue weighted by Gasteiger charge is 2.02. The molecule has 0 aliphatic rings. The molecule has 1 N–H and O–H groups in total. The number of benzene rings is 2. The predicted molar refractivity (Wildman–Crippen MR) is 88.2 cm³/mol. The van der Waals surface area contributed by atoms with Gasteiger partial charge in [-0.05, 0) is 36.4 Å². The zero-order chi connectivity index (χ0) is 14.7. The summed E-state index contributed by atoms with van der Waals surface area (Å²) >= 11 is 7.34. The summed E-state index contributed by atoms with van der Waals surface area (Å²) in [6, 6.07) is 14.7. The molecule has 5 heteroatoms. The average molecular weight is 315 g/mol. The Hall–Kier alpha value is -2.17. The molecule has 0 spiro atoms. The maximum Gasteiger partial charge on any atom is 0.187 e. The molecule has 0 saturated heterocycles. The van der Waals surface area contributed by atoms with Gasteiger partial charge < -0.3 is 5.32 Å². The second-order valence-corrected chi connectivity index (χ2v) is 5.80. The summed E-state index contributed by atoms with van der Waals surface area (Å²) in [6.07, 6.45) is 3.09. The number of aromatic nitrogens is 1. The van der Waals surface area contributed by atoms with Crippen molar-refractivity contribution < 1.29 is 4.79 Å². The summed E-state index contributed by atoms with van der Waals surface area (Å²) in [7, 11) is 0. The van der Waals surface area contributed by atoms with E-state index in [4.69, 9.17) is 11.6 Å². The Labute approximate surface area is 130 Å². The smallest absolute Gasteiger partial charge is 0.187 e. The highest BCUT2D eigenvalue weighted by molar-refractivity contribution is 7.22. The molecule has 21 heavy (non-hydrogen) atoms. The molecule has 3 nitrogen and oxygen atoms in total. The van der Waals surface area contributed by atoms with Crippen LogP contribution in [-0.4, -0.2) is 10.8 Å². The molecular formula is C16H11ClN2OS. The number of halogens is 1. The Morgan fingerprint density at radius 1 is 1.14 bits per heavy atom. The predicted octanol–water partition coefficient (Wildman–Crippen LogP) is 4.76. The van der Waals surface area contributed by atoms with Gasteiger partial charge in [-0.15, -0.1) is 0 Å². The van der Waals surface area contributed by atoms with Crippen LogP contribution in [0, 0.1) is 0 Å². The first kappa shape index (κ1) is 13.8. The van der Waals surface area contributed by atoms with Crippen LogP contribution in [-0.2, 0) is 0 Å². The number of hydrogen-bond acceptors (Lipinski definition) is 4. The van der Waals surface area contributed by atoms with Crippen LogP contribution in [0.25, 0.3) is 10.2 Å². The van der Waals surface area contributed by atoms with Crippen LogP contribution < -0.4 is 5.32 Å². The molecule has 0 amide bonds. The van der Waals surface area contributed by atoms with Crippen molar-refractivity contribution in [3.05, 3.63) is 71.4 Å². The molecule has 104 valence electrons. The van der Waals surface area contributed by atoms with Crippen LogP contribution in [0.2, 0.25) is 5.02 Å². The van der Waals surface area contributed by atoms with E-state index in [-0.39, 0.29) is 5.78 Å². The molecule has 0 aliphatic heterocycles. The lowest BCUT2D eigenvalue weighted by Crippen LogP contribution is -1.95. The summed E-state index contributed by atoms with van der Waals surface area (Å²) in [5, 5.41) is 4.40. The van der Waals surface area contributed by atoms with Gasteiger partial charge in [0.15, 0.2) is 10.9 Å². The Bertz CT molecular complexity index is 776. The van der Waals surface area contributed by atoms with Crippen LogP contribution in [0.15, 0.2) is 60.8 Å². The van der Waals surface area contributed by atoms with Crippen molar-refractivity contribution in [2.24, 2.45) is 0 Å². The van der Waals surface area contributed by atoms with Crippen molar-refractivity contribution in [3.8, 4) is 0 Å². The number of fused-ring (bicyclic) bond motifs is 1. The van der Waals surface area contributed by atoms with Gasteiger partial charge in [0, 0.05) is 22.9 Å². The quantitative estimate of drug-likeness (QED) is 0.557. The molecule has 1 aromatic heterocycles. The topological polar surface area (TPSA) is 42.0 Å². The standard InChI is InChI=1S/C16H11ClN2OS/c17-12-7-5-11(6-8-12)14(20)9-10-18-16-19-13-3-1-2-4-15(13)21-16/h1-10H,(H,18,19)/b10-9-. The van der Waals surface area contributed by atoms with E-state index < -0.39 is 0 Å². The third-order valence-corrected chi connectivity index (χ3v) is 4.08. The second kappa shape index (κ2) is 6.08. The number of ketones is 1. The van der Waals surface area contributed by atoms with Gasteiger partial charge in [0.1, 0.15) is 0 Å². The van der Waals surface area contributed by atoms with Crippen molar-refractivity contribution in [3.63, 3.8) is 0 Å². The van der Waals surface area contributed by atoms with Gasteiger partial charge in [0.05, 0.1) is 10.2 Å². The van der Waals surface area contributed by atoms with E-state index in [1.54, 1.807) is 41.8 Å². The Morgan fingerprint density at radius 2 is 1.90 bits per heavy atom. The van der Waals surface area contributed by atoms with E-state index in [1.807, 2.05) is 24.3 Å². The molecule has 0 saturated carbocycles. The van der Waals surface area contributed by atoms with E-state index >= 15 is 0 Å². The molecule has 0 aliphatic carbocycles. The van der Waals surface area contributed by atoms with Crippen molar-refractivity contribution >= 4 is 44.1 Å². The van der Waals surface area contributed by atoms with E-state index in [0.717, 1.165) is 15.3 Å². The lowest BCUT2D eigenvalue weighted by atomic mass is 10.1. The molecule has 0 radical (unpaired) electrons. The zero-order valence-corrected chi connectivity index (χ0v) is 12.5. The molecule has 0 fully saturated rings. The number of nitrogens with zero attached hydrogens (tertiary/aromatic N) is 1. The SMILES string of the molecule is O=C(/C=C\Nc1nc2ccccc2s1)c1ccc(Cl)cc1. The summed E-state index contributed by atoms with van der Waals surface area (Å²) < 4.78 is 1.11. The Kier molecular flexibility index (Phi) is 3.99. The third-order valence-electron chi connectivity index (χ3n) is 2.86. The minimum absolute atomic E-state index is 0.0831. The lowest BCUT2D eigenvalue weighted by Gasteiger charge is -1.96. The number of carbonyl (C=O) groups excluding carboxylic acids is 1. The number of para-hydroxylation sites is 1. The fraction of sp³-hybridized carbons (Fsp3) is 0. The summed E-state index contributed by atoms with van der Waals surface area (Å²) in [5.41, 5.74) is 1.55. The summed E-state index contributed by atoms with van der Waals surface area (Å²) in [4.78, 5) is 16.4. The molecule has 0 bridgehead atoms. The van der Waals surface area contributed by atoms with E-state index in [0.29, 0.717) is 10.6 Å². The van der Waals surface area contributed by atoms with Gasteiger partial charge in [-0.3, -0.25) is 4.79 Å². The third kappa shape index (κ3) is 3.29. The van der Waals surface area contributed by atoms with E-state index in [9.17, 15) is 4.79 Å². The molecule has 3 aromatic rings. The van der Waals surface area contributed by atoms with E-state index in [2.05, 4.69) is 10.3 Å². The molecule has 0 atom stereocenters. The maximum atomic E-state index is 11.9. The fourth-order valence-corrected chi connectivity index (χ4v) is 2.80. The number of rotatable bonds is 4. The number of nitrogens with one attached hydrogen (secondary N) is 1. The largest absolute Gasteiger partial charge is 0.338 e. The van der Waals surface area contributed by atoms with Crippen molar-refractivity contribution in [1.29, 1.82) is 0 Å². The Balaban J connectivity index is 1.68. The Morgan fingerprint density at radius 3 is 2.67 bits per heavy atom. The van der Waals surface area contributed by atoms with Crippen molar-refractivity contribution in [1.82, 2.24) is 4.98 Å². The second-order valence-electron chi connectivity index (χ2n) is 4.34. The van der Waals surface area contributed by atoms with Gasteiger partial charge in [0.2, 0.25) is 0 Å². The highest BCUT2D eigenvalue weighted by atomic mass is 35.5. The van der Waals surface area contributed by atoms with Gasteiger partial charge in [-0.25, -0.2) is 4.98 Å². The minimum atomic E-state index is -0.0831. The van der Waals surface area contributed by atoms with Crippen LogP contribution in [0.1, 0.15) is 10.4 Å². The number of carbonyl (C=O) groups is 1. The van der Waals surface area contributed by atoms with Crippen LogP contribution in [0.5, 0.6) is 0 Å². The molecular weight excluding hydrogens is 304 g/mol. The zero-order valence-electron chi connectivity index (χ0n) is 10.9. The number of anilines is 1. The molecule has 3 rings (SSSR count). The molecule has 0 unspecified atom stereocenters. The summed E-state index contributed by atoms with van der Waals surface area (Å²) in [5.74, 6) is -0.0831. The van der Waals surface area contributed by atoms with Crippen LogP contribution in [0.3, 0.4) is 0 Å². The van der Waals surface area contributed by atoms with Crippen LogP contribution in [0.4, 0.5) is 5.13 Å². The number of thiazole rings is 1. The first-order valence-corrected chi connectivity index (χ1v) is 7.50. The first-order chi connectivity index (χ1) is 10.2. The van der Waals surface area contributed by atoms with Gasteiger partial charge in [-0.2, -0.15) is 0 Å².